The van der Waals surface area contributed by atoms with Crippen LogP contribution in [0.15, 0.2) is 6.07 Å². The third-order valence-corrected chi connectivity index (χ3v) is 2.45. The summed E-state index contributed by atoms with van der Waals surface area (Å²) in [5, 5.41) is 0. The number of hydrogen-bond acceptors (Lipinski definition) is 3. The zero-order chi connectivity index (χ0) is 9.14. The molecule has 12 heavy (non-hydrogen) atoms. The average Bonchev–Trinajstić information content (AvgIpc) is 2.30. The molecule has 1 aromatic heterocycles. The highest BCUT2D eigenvalue weighted by Crippen LogP contribution is 2.20. The molecule has 0 spiro atoms. The van der Waals surface area contributed by atoms with Crippen LogP contribution in [-0.2, 0) is 4.84 Å². The van der Waals surface area contributed by atoms with Crippen molar-refractivity contribution in [1.29, 1.82) is 0 Å². The minimum Gasteiger partial charge on any atom is -0.277 e. The summed E-state index contributed by atoms with van der Waals surface area (Å²) in [5.74, 6) is -0.181. The first kappa shape index (κ1) is 9.22. The number of thiophene rings is 1. The normalized spacial score (nSPS) is 9.92. The Hall–Kier alpha value is -0.870. The number of rotatable bonds is 2. The smallest absolute Gasteiger partial charge is 0.275 e. The van der Waals surface area contributed by atoms with Crippen molar-refractivity contribution in [2.45, 2.75) is 13.8 Å². The number of hydrogen-bond donors (Lipinski definition) is 1. The number of amides is 1. The summed E-state index contributed by atoms with van der Waals surface area (Å²) in [7, 11) is 1.42. The summed E-state index contributed by atoms with van der Waals surface area (Å²) in [6, 6.07) is 1.86. The summed E-state index contributed by atoms with van der Waals surface area (Å²) in [6.45, 7) is 3.89. The molecule has 66 valence electrons. The molecule has 0 aliphatic heterocycles. The molecule has 0 radical (unpaired) electrons. The van der Waals surface area contributed by atoms with Gasteiger partial charge >= 0.3 is 0 Å². The molecule has 1 amide bonds. The lowest BCUT2D eigenvalue weighted by atomic mass is 10.2. The topological polar surface area (TPSA) is 38.3 Å². The number of aryl methyl sites for hydroxylation is 2. The van der Waals surface area contributed by atoms with Crippen molar-refractivity contribution >= 4 is 17.2 Å². The quantitative estimate of drug-likeness (QED) is 0.711. The Morgan fingerprint density at radius 3 is 2.67 bits per heavy atom. The van der Waals surface area contributed by atoms with Gasteiger partial charge in [-0.15, -0.1) is 11.3 Å². The van der Waals surface area contributed by atoms with Gasteiger partial charge in [0.2, 0.25) is 0 Å². The first-order chi connectivity index (χ1) is 5.65. The average molecular weight is 185 g/mol. The Morgan fingerprint density at radius 1 is 1.58 bits per heavy atom. The SMILES string of the molecule is CONC(=O)c1cc(C)sc1C. The van der Waals surface area contributed by atoms with Gasteiger partial charge in [0.25, 0.3) is 5.91 Å². The third-order valence-electron chi connectivity index (χ3n) is 1.48. The Balaban J connectivity index is 2.87. The van der Waals surface area contributed by atoms with Gasteiger partial charge in [-0.25, -0.2) is 5.48 Å². The minimum atomic E-state index is -0.181. The van der Waals surface area contributed by atoms with Crippen LogP contribution in [0, 0.1) is 13.8 Å². The van der Waals surface area contributed by atoms with Crippen LogP contribution in [0.25, 0.3) is 0 Å². The van der Waals surface area contributed by atoms with Crippen LogP contribution in [0.2, 0.25) is 0 Å². The van der Waals surface area contributed by atoms with Crippen LogP contribution >= 0.6 is 11.3 Å². The largest absolute Gasteiger partial charge is 0.277 e. The van der Waals surface area contributed by atoms with E-state index in [4.69, 9.17) is 0 Å². The summed E-state index contributed by atoms with van der Waals surface area (Å²) >= 11 is 1.61. The standard InChI is InChI=1S/C8H11NO2S/c1-5-4-7(6(2)12-5)8(10)9-11-3/h4H,1-3H3,(H,9,10). The molecule has 3 nitrogen and oxygen atoms in total. The van der Waals surface area contributed by atoms with Gasteiger partial charge in [0.15, 0.2) is 0 Å². The lowest BCUT2D eigenvalue weighted by Gasteiger charge is -1.99. The van der Waals surface area contributed by atoms with E-state index in [2.05, 4.69) is 10.3 Å². The van der Waals surface area contributed by atoms with Crippen molar-refractivity contribution < 1.29 is 9.63 Å². The molecule has 1 rings (SSSR count). The van der Waals surface area contributed by atoms with E-state index in [-0.39, 0.29) is 5.91 Å². The fraction of sp³-hybridized carbons (Fsp3) is 0.375. The lowest BCUT2D eigenvalue weighted by molar-refractivity contribution is 0.0537. The zero-order valence-electron chi connectivity index (χ0n) is 7.30. The number of hydroxylamine groups is 1. The minimum absolute atomic E-state index is 0.181. The van der Waals surface area contributed by atoms with Gasteiger partial charge in [0, 0.05) is 9.75 Å². The van der Waals surface area contributed by atoms with Crippen molar-refractivity contribution in [2.24, 2.45) is 0 Å². The number of carbonyl (C=O) groups is 1. The second-order valence-corrected chi connectivity index (χ2v) is 3.92. The highest BCUT2D eigenvalue weighted by Gasteiger charge is 2.10. The van der Waals surface area contributed by atoms with Crippen LogP contribution in [0.4, 0.5) is 0 Å². The first-order valence-electron chi connectivity index (χ1n) is 3.55. The maximum absolute atomic E-state index is 11.2. The second kappa shape index (κ2) is 3.69. The van der Waals surface area contributed by atoms with Gasteiger partial charge in [-0.3, -0.25) is 9.63 Å². The first-order valence-corrected chi connectivity index (χ1v) is 4.37. The van der Waals surface area contributed by atoms with E-state index in [1.807, 2.05) is 19.9 Å². The Morgan fingerprint density at radius 2 is 2.25 bits per heavy atom. The monoisotopic (exact) mass is 185 g/mol. The molecule has 0 aromatic carbocycles. The molecule has 0 bridgehead atoms. The number of carbonyl (C=O) groups excluding carboxylic acids is 1. The van der Waals surface area contributed by atoms with E-state index >= 15 is 0 Å². The van der Waals surface area contributed by atoms with E-state index < -0.39 is 0 Å². The third kappa shape index (κ3) is 1.84. The Bertz CT molecular complexity index is 293. The molecule has 0 saturated carbocycles. The predicted octanol–water partition coefficient (Wildman–Crippen LogP) is 1.66. The maximum atomic E-state index is 11.2. The van der Waals surface area contributed by atoms with Crippen molar-refractivity contribution in [3.8, 4) is 0 Å². The second-order valence-electron chi connectivity index (χ2n) is 2.46. The van der Waals surface area contributed by atoms with Crippen molar-refractivity contribution in [3.05, 3.63) is 21.4 Å². The van der Waals surface area contributed by atoms with E-state index in [1.54, 1.807) is 11.3 Å². The molecule has 0 unspecified atom stereocenters. The molecular weight excluding hydrogens is 174 g/mol. The van der Waals surface area contributed by atoms with E-state index in [0.29, 0.717) is 5.56 Å². The van der Waals surface area contributed by atoms with Crippen molar-refractivity contribution in [3.63, 3.8) is 0 Å². The lowest BCUT2D eigenvalue weighted by Crippen LogP contribution is -2.21. The van der Waals surface area contributed by atoms with Gasteiger partial charge in [-0.05, 0) is 19.9 Å². The Kier molecular flexibility index (Phi) is 2.83. The van der Waals surface area contributed by atoms with Crippen LogP contribution in [0.1, 0.15) is 20.1 Å². The van der Waals surface area contributed by atoms with Crippen LogP contribution in [0.5, 0.6) is 0 Å². The molecule has 0 saturated heterocycles. The van der Waals surface area contributed by atoms with Gasteiger partial charge < -0.3 is 0 Å². The molecule has 1 heterocycles. The fourth-order valence-electron chi connectivity index (χ4n) is 1.00. The van der Waals surface area contributed by atoms with Crippen molar-refractivity contribution in [1.82, 2.24) is 5.48 Å². The van der Waals surface area contributed by atoms with Gasteiger partial charge in [0.05, 0.1) is 12.7 Å². The van der Waals surface area contributed by atoms with Gasteiger partial charge in [-0.1, -0.05) is 0 Å². The van der Waals surface area contributed by atoms with E-state index in [9.17, 15) is 4.79 Å². The van der Waals surface area contributed by atoms with Crippen LogP contribution < -0.4 is 5.48 Å². The maximum Gasteiger partial charge on any atom is 0.275 e. The Labute approximate surface area is 75.3 Å². The molecular formula is C8H11NO2S. The summed E-state index contributed by atoms with van der Waals surface area (Å²) in [5.41, 5.74) is 2.98. The molecule has 1 aromatic rings. The summed E-state index contributed by atoms with van der Waals surface area (Å²) in [4.78, 5) is 17.9. The van der Waals surface area contributed by atoms with Crippen molar-refractivity contribution in [2.75, 3.05) is 7.11 Å². The van der Waals surface area contributed by atoms with Gasteiger partial charge in [-0.2, -0.15) is 0 Å². The van der Waals surface area contributed by atoms with Crippen LogP contribution in [0.3, 0.4) is 0 Å². The predicted molar refractivity (Wildman–Crippen MR) is 48.3 cm³/mol. The fourth-order valence-corrected chi connectivity index (χ4v) is 1.93. The summed E-state index contributed by atoms with van der Waals surface area (Å²) in [6.07, 6.45) is 0. The van der Waals surface area contributed by atoms with E-state index in [1.165, 1.54) is 7.11 Å². The van der Waals surface area contributed by atoms with E-state index in [0.717, 1.165) is 9.75 Å². The highest BCUT2D eigenvalue weighted by atomic mass is 32.1. The zero-order valence-corrected chi connectivity index (χ0v) is 8.12. The number of nitrogens with one attached hydrogen (secondary N) is 1. The molecule has 0 fully saturated rings. The molecule has 4 heteroatoms. The van der Waals surface area contributed by atoms with Gasteiger partial charge in [0.1, 0.15) is 0 Å². The molecule has 1 N–H and O–H groups in total. The highest BCUT2D eigenvalue weighted by molar-refractivity contribution is 7.12. The van der Waals surface area contributed by atoms with Crippen LogP contribution in [-0.4, -0.2) is 13.0 Å². The summed E-state index contributed by atoms with van der Waals surface area (Å²) < 4.78 is 0. The molecule has 0 aliphatic rings. The molecule has 0 atom stereocenters. The molecule has 0 aliphatic carbocycles.